The first-order valence-electron chi connectivity index (χ1n) is 5.01. The third kappa shape index (κ3) is 5.05. The van der Waals surface area contributed by atoms with Gasteiger partial charge in [0.15, 0.2) is 0 Å². The number of hydrogen-bond acceptors (Lipinski definition) is 3. The van der Waals surface area contributed by atoms with Crippen LogP contribution >= 0.6 is 11.6 Å². The van der Waals surface area contributed by atoms with E-state index >= 15 is 0 Å². The molecule has 1 N–H and O–H groups in total. The Labute approximate surface area is 101 Å². The monoisotopic (exact) mass is 241 g/mol. The van der Waals surface area contributed by atoms with Gasteiger partial charge in [-0.25, -0.2) is 0 Å². The molecule has 0 aliphatic heterocycles. The van der Waals surface area contributed by atoms with E-state index in [9.17, 15) is 0 Å². The first kappa shape index (κ1) is 12.9. The Hall–Kier alpha value is -1.19. The van der Waals surface area contributed by atoms with Crippen molar-refractivity contribution in [1.82, 2.24) is 0 Å². The van der Waals surface area contributed by atoms with E-state index in [1.807, 2.05) is 24.3 Å². The van der Waals surface area contributed by atoms with Crippen LogP contribution in [-0.4, -0.2) is 26.9 Å². The molecular formula is C12H16ClNO2. The average Bonchev–Trinajstić information content (AvgIpc) is 2.27. The summed E-state index contributed by atoms with van der Waals surface area (Å²) in [5.41, 5.74) is 0.955. The lowest BCUT2D eigenvalue weighted by atomic mass is 10.3. The molecular weight excluding hydrogens is 226 g/mol. The van der Waals surface area contributed by atoms with Gasteiger partial charge in [-0.15, -0.1) is 0 Å². The molecule has 16 heavy (non-hydrogen) atoms. The Morgan fingerprint density at radius 1 is 1.44 bits per heavy atom. The Bertz CT molecular complexity index is 342. The summed E-state index contributed by atoms with van der Waals surface area (Å²) in [6, 6.07) is 7.68. The summed E-state index contributed by atoms with van der Waals surface area (Å²) >= 11 is 5.67. The first-order valence-corrected chi connectivity index (χ1v) is 5.39. The lowest BCUT2D eigenvalue weighted by Gasteiger charge is -2.09. The third-order valence-electron chi connectivity index (χ3n) is 1.87. The molecule has 0 aliphatic carbocycles. The van der Waals surface area contributed by atoms with Crippen LogP contribution in [0.15, 0.2) is 35.9 Å². The van der Waals surface area contributed by atoms with E-state index < -0.39 is 0 Å². The SMILES string of the molecule is C=C(Cl)CNc1cccc(OCCOC)c1. The number of ether oxygens (including phenoxy) is 2. The standard InChI is InChI=1S/C12H16ClNO2/c1-10(13)9-14-11-4-3-5-12(8-11)16-7-6-15-2/h3-5,8,14H,1,6-7,9H2,2H3. The average molecular weight is 242 g/mol. The highest BCUT2D eigenvalue weighted by Crippen LogP contribution is 2.17. The summed E-state index contributed by atoms with van der Waals surface area (Å²) in [5.74, 6) is 0.808. The zero-order valence-electron chi connectivity index (χ0n) is 9.33. The highest BCUT2D eigenvalue weighted by atomic mass is 35.5. The summed E-state index contributed by atoms with van der Waals surface area (Å²) in [5, 5.41) is 3.71. The highest BCUT2D eigenvalue weighted by Gasteiger charge is 1.96. The van der Waals surface area contributed by atoms with Gasteiger partial charge in [0, 0.05) is 23.9 Å². The maximum atomic E-state index is 5.67. The van der Waals surface area contributed by atoms with Crippen molar-refractivity contribution in [2.45, 2.75) is 0 Å². The molecule has 0 spiro atoms. The van der Waals surface area contributed by atoms with Gasteiger partial charge in [0.05, 0.1) is 13.2 Å². The molecule has 0 bridgehead atoms. The quantitative estimate of drug-likeness (QED) is 0.745. The van der Waals surface area contributed by atoms with Crippen molar-refractivity contribution in [1.29, 1.82) is 0 Å². The second kappa shape index (κ2) is 7.14. The fraction of sp³-hybridized carbons (Fsp3) is 0.333. The minimum absolute atomic E-state index is 0.544. The number of hydrogen-bond donors (Lipinski definition) is 1. The van der Waals surface area contributed by atoms with Crippen molar-refractivity contribution in [2.24, 2.45) is 0 Å². The van der Waals surface area contributed by atoms with Crippen LogP contribution in [0.4, 0.5) is 5.69 Å². The normalized spacial score (nSPS) is 9.88. The molecule has 0 radical (unpaired) electrons. The third-order valence-corrected chi connectivity index (χ3v) is 2.01. The Morgan fingerprint density at radius 2 is 2.25 bits per heavy atom. The maximum Gasteiger partial charge on any atom is 0.121 e. The fourth-order valence-corrected chi connectivity index (χ4v) is 1.20. The molecule has 3 nitrogen and oxygen atoms in total. The molecule has 0 aliphatic rings. The van der Waals surface area contributed by atoms with Crippen LogP contribution in [0.2, 0.25) is 0 Å². The minimum Gasteiger partial charge on any atom is -0.491 e. The number of benzene rings is 1. The van der Waals surface area contributed by atoms with Crippen LogP contribution in [0.1, 0.15) is 0 Å². The summed E-state index contributed by atoms with van der Waals surface area (Å²) < 4.78 is 10.4. The number of rotatable bonds is 7. The van der Waals surface area contributed by atoms with Gasteiger partial charge < -0.3 is 14.8 Å². The summed E-state index contributed by atoms with van der Waals surface area (Å²) in [6.07, 6.45) is 0. The Balaban J connectivity index is 2.46. The van der Waals surface area contributed by atoms with E-state index in [0.29, 0.717) is 24.8 Å². The van der Waals surface area contributed by atoms with Crippen molar-refractivity contribution in [3.63, 3.8) is 0 Å². The van der Waals surface area contributed by atoms with Gasteiger partial charge >= 0.3 is 0 Å². The summed E-state index contributed by atoms with van der Waals surface area (Å²) in [6.45, 7) is 5.28. The second-order valence-electron chi connectivity index (χ2n) is 3.24. The molecule has 88 valence electrons. The molecule has 4 heteroatoms. The predicted molar refractivity (Wildman–Crippen MR) is 67.3 cm³/mol. The molecule has 1 rings (SSSR count). The van der Waals surface area contributed by atoms with E-state index in [0.717, 1.165) is 11.4 Å². The molecule has 0 saturated carbocycles. The van der Waals surface area contributed by atoms with Gasteiger partial charge in [0.25, 0.3) is 0 Å². The van der Waals surface area contributed by atoms with Crippen molar-refractivity contribution in [3.8, 4) is 5.75 Å². The topological polar surface area (TPSA) is 30.5 Å². The fourth-order valence-electron chi connectivity index (χ4n) is 1.14. The van der Waals surface area contributed by atoms with Crippen LogP contribution in [0.5, 0.6) is 5.75 Å². The van der Waals surface area contributed by atoms with Crippen molar-refractivity contribution < 1.29 is 9.47 Å². The van der Waals surface area contributed by atoms with Crippen molar-refractivity contribution >= 4 is 17.3 Å². The van der Waals surface area contributed by atoms with E-state index in [2.05, 4.69) is 11.9 Å². The van der Waals surface area contributed by atoms with Crippen molar-refractivity contribution in [3.05, 3.63) is 35.9 Å². The largest absolute Gasteiger partial charge is 0.491 e. The van der Waals surface area contributed by atoms with E-state index in [4.69, 9.17) is 21.1 Å². The van der Waals surface area contributed by atoms with Gasteiger partial charge in [-0.1, -0.05) is 24.2 Å². The number of methoxy groups -OCH3 is 1. The second-order valence-corrected chi connectivity index (χ2v) is 3.77. The van der Waals surface area contributed by atoms with Gasteiger partial charge in [0.2, 0.25) is 0 Å². The van der Waals surface area contributed by atoms with Crippen LogP contribution in [0, 0.1) is 0 Å². The van der Waals surface area contributed by atoms with Crippen LogP contribution in [-0.2, 0) is 4.74 Å². The first-order chi connectivity index (χ1) is 7.72. The van der Waals surface area contributed by atoms with E-state index in [1.54, 1.807) is 7.11 Å². The number of anilines is 1. The van der Waals surface area contributed by atoms with E-state index in [-0.39, 0.29) is 0 Å². The van der Waals surface area contributed by atoms with Gasteiger partial charge in [-0.3, -0.25) is 0 Å². The molecule has 0 heterocycles. The number of halogens is 1. The maximum absolute atomic E-state index is 5.67. The highest BCUT2D eigenvalue weighted by molar-refractivity contribution is 6.29. The zero-order valence-corrected chi connectivity index (χ0v) is 10.1. The van der Waals surface area contributed by atoms with Gasteiger partial charge in [-0.2, -0.15) is 0 Å². The number of nitrogens with one attached hydrogen (secondary N) is 1. The molecule has 0 saturated heterocycles. The molecule has 1 aromatic carbocycles. The van der Waals surface area contributed by atoms with Gasteiger partial charge in [-0.05, 0) is 12.1 Å². The minimum atomic E-state index is 0.544. The molecule has 0 atom stereocenters. The van der Waals surface area contributed by atoms with Crippen LogP contribution in [0.3, 0.4) is 0 Å². The zero-order chi connectivity index (χ0) is 11.8. The molecule has 0 amide bonds. The molecule has 0 aromatic heterocycles. The van der Waals surface area contributed by atoms with E-state index in [1.165, 1.54) is 0 Å². The Morgan fingerprint density at radius 3 is 2.94 bits per heavy atom. The molecule has 0 fully saturated rings. The molecule has 0 unspecified atom stereocenters. The van der Waals surface area contributed by atoms with Crippen LogP contribution in [0.25, 0.3) is 0 Å². The summed E-state index contributed by atoms with van der Waals surface area (Å²) in [7, 11) is 1.65. The smallest absolute Gasteiger partial charge is 0.121 e. The van der Waals surface area contributed by atoms with Crippen LogP contribution < -0.4 is 10.1 Å². The predicted octanol–water partition coefficient (Wildman–Crippen LogP) is 2.88. The Kier molecular flexibility index (Phi) is 5.75. The van der Waals surface area contributed by atoms with Crippen molar-refractivity contribution in [2.75, 3.05) is 32.2 Å². The van der Waals surface area contributed by atoms with Gasteiger partial charge in [0.1, 0.15) is 12.4 Å². The summed E-state index contributed by atoms with van der Waals surface area (Å²) in [4.78, 5) is 0. The lowest BCUT2D eigenvalue weighted by molar-refractivity contribution is 0.146. The lowest BCUT2D eigenvalue weighted by Crippen LogP contribution is -2.05. The molecule has 1 aromatic rings.